The van der Waals surface area contributed by atoms with E-state index in [9.17, 15) is 0 Å². The van der Waals surface area contributed by atoms with E-state index in [2.05, 4.69) is 62.5 Å². The molecule has 0 aliphatic rings. The third-order valence-electron chi connectivity index (χ3n) is 2.44. The quantitative estimate of drug-likeness (QED) is 0.321. The molecule has 0 heterocycles. The Morgan fingerprint density at radius 3 is 1.53 bits per heavy atom. The van der Waals surface area contributed by atoms with Crippen LogP contribution in [0, 0.1) is 0 Å². The van der Waals surface area contributed by atoms with Crippen LogP contribution in [-0.4, -0.2) is 0 Å². The van der Waals surface area contributed by atoms with Crippen LogP contribution in [0.4, 0.5) is 0 Å². The highest BCUT2D eigenvalue weighted by molar-refractivity contribution is 4.99. The van der Waals surface area contributed by atoms with Gasteiger partial charge in [0.2, 0.25) is 0 Å². The Balaban J connectivity index is 3.35. The second kappa shape index (κ2) is 15.0. The zero-order valence-electron chi connectivity index (χ0n) is 11.6. The van der Waals surface area contributed by atoms with Gasteiger partial charge >= 0.3 is 0 Å². The summed E-state index contributed by atoms with van der Waals surface area (Å²) in [4.78, 5) is 0. The molecule has 0 saturated heterocycles. The average molecular weight is 232 g/mol. The van der Waals surface area contributed by atoms with Gasteiger partial charge in [-0.3, -0.25) is 0 Å². The number of unbranched alkanes of at least 4 members (excludes halogenated alkanes) is 2. The van der Waals surface area contributed by atoms with Crippen LogP contribution in [0.2, 0.25) is 0 Å². The lowest BCUT2D eigenvalue weighted by molar-refractivity contribution is 0.813. The van der Waals surface area contributed by atoms with Crippen LogP contribution in [0.5, 0.6) is 0 Å². The zero-order chi connectivity index (χ0) is 12.6. The Labute approximate surface area is 108 Å². The van der Waals surface area contributed by atoms with Gasteiger partial charge in [0.25, 0.3) is 0 Å². The summed E-state index contributed by atoms with van der Waals surface area (Å²) < 4.78 is 0. The van der Waals surface area contributed by atoms with Crippen molar-refractivity contribution in [2.75, 3.05) is 0 Å². The molecule has 0 fully saturated rings. The summed E-state index contributed by atoms with van der Waals surface area (Å²) in [6.45, 7) is 4.40. The second-order valence-corrected chi connectivity index (χ2v) is 4.14. The van der Waals surface area contributed by atoms with Crippen molar-refractivity contribution in [1.29, 1.82) is 0 Å². The molecule has 0 spiro atoms. The van der Waals surface area contributed by atoms with Gasteiger partial charge in [-0.2, -0.15) is 0 Å². The molecule has 0 aliphatic heterocycles. The van der Waals surface area contributed by atoms with Crippen molar-refractivity contribution in [2.24, 2.45) is 0 Å². The normalized spacial score (nSPS) is 12.8. The first-order valence-corrected chi connectivity index (χ1v) is 7.01. The summed E-state index contributed by atoms with van der Waals surface area (Å²) in [5, 5.41) is 0. The molecule has 0 nitrogen and oxygen atoms in total. The molecule has 0 saturated carbocycles. The number of hydrogen-bond acceptors (Lipinski definition) is 0. The lowest BCUT2D eigenvalue weighted by Crippen LogP contribution is -1.67. The van der Waals surface area contributed by atoms with Crippen LogP contribution in [0.15, 0.2) is 48.6 Å². The molecular weight excluding hydrogens is 204 g/mol. The van der Waals surface area contributed by atoms with Gasteiger partial charge in [-0.05, 0) is 32.1 Å². The molecule has 17 heavy (non-hydrogen) atoms. The molecule has 0 aromatic carbocycles. The van der Waals surface area contributed by atoms with Crippen LogP contribution in [0.3, 0.4) is 0 Å². The van der Waals surface area contributed by atoms with Gasteiger partial charge in [0.15, 0.2) is 0 Å². The van der Waals surface area contributed by atoms with Crippen LogP contribution >= 0.6 is 0 Å². The average Bonchev–Trinajstić information content (AvgIpc) is 2.35. The third kappa shape index (κ3) is 15.0. The van der Waals surface area contributed by atoms with Crippen molar-refractivity contribution in [3.8, 4) is 0 Å². The molecule has 0 atom stereocenters. The van der Waals surface area contributed by atoms with E-state index in [1.54, 1.807) is 0 Å². The van der Waals surface area contributed by atoms with E-state index >= 15 is 0 Å². The highest BCUT2D eigenvalue weighted by Gasteiger charge is 1.77. The Bertz CT molecular complexity index is 241. The second-order valence-electron chi connectivity index (χ2n) is 4.14. The SMILES string of the molecule is CCC=CCC=CCC=CCC=CCCCC. The van der Waals surface area contributed by atoms with Gasteiger partial charge in [-0.1, -0.05) is 75.3 Å². The third-order valence-corrected chi connectivity index (χ3v) is 2.44. The highest BCUT2D eigenvalue weighted by Crippen LogP contribution is 1.97. The molecule has 0 N–H and O–H groups in total. The summed E-state index contributed by atoms with van der Waals surface area (Å²) in [7, 11) is 0. The van der Waals surface area contributed by atoms with Crippen molar-refractivity contribution in [2.45, 2.75) is 58.8 Å². The lowest BCUT2D eigenvalue weighted by atomic mass is 10.2. The van der Waals surface area contributed by atoms with Crippen molar-refractivity contribution in [1.82, 2.24) is 0 Å². The first kappa shape index (κ1) is 16.0. The van der Waals surface area contributed by atoms with E-state index in [1.807, 2.05) is 0 Å². The fourth-order valence-electron chi connectivity index (χ4n) is 1.42. The number of rotatable bonds is 10. The predicted octanol–water partition coefficient (Wildman–Crippen LogP) is 5.98. The molecule has 0 heteroatoms. The predicted molar refractivity (Wildman–Crippen MR) is 80.2 cm³/mol. The molecular formula is C17H28. The van der Waals surface area contributed by atoms with Gasteiger partial charge in [0.1, 0.15) is 0 Å². The van der Waals surface area contributed by atoms with Crippen LogP contribution < -0.4 is 0 Å². The van der Waals surface area contributed by atoms with Crippen molar-refractivity contribution < 1.29 is 0 Å². The van der Waals surface area contributed by atoms with E-state index in [4.69, 9.17) is 0 Å². The van der Waals surface area contributed by atoms with E-state index in [0.717, 1.165) is 25.7 Å². The van der Waals surface area contributed by atoms with E-state index in [0.29, 0.717) is 0 Å². The maximum absolute atomic E-state index is 2.29. The first-order valence-electron chi connectivity index (χ1n) is 7.01. The monoisotopic (exact) mass is 232 g/mol. The van der Waals surface area contributed by atoms with Crippen LogP contribution in [0.25, 0.3) is 0 Å². The van der Waals surface area contributed by atoms with Gasteiger partial charge < -0.3 is 0 Å². The van der Waals surface area contributed by atoms with Crippen molar-refractivity contribution in [3.05, 3.63) is 48.6 Å². The molecule has 0 amide bonds. The minimum Gasteiger partial charge on any atom is -0.0885 e. The highest BCUT2D eigenvalue weighted by atomic mass is 13.8. The fraction of sp³-hybridized carbons (Fsp3) is 0.529. The molecule has 0 bridgehead atoms. The van der Waals surface area contributed by atoms with E-state index in [1.165, 1.54) is 19.3 Å². The maximum Gasteiger partial charge on any atom is -0.0169 e. The van der Waals surface area contributed by atoms with Gasteiger partial charge in [-0.15, -0.1) is 0 Å². The van der Waals surface area contributed by atoms with Crippen LogP contribution in [-0.2, 0) is 0 Å². The van der Waals surface area contributed by atoms with Crippen molar-refractivity contribution in [3.63, 3.8) is 0 Å². The Morgan fingerprint density at radius 1 is 0.588 bits per heavy atom. The largest absolute Gasteiger partial charge is 0.0885 e. The van der Waals surface area contributed by atoms with E-state index in [-0.39, 0.29) is 0 Å². The molecule has 0 rings (SSSR count). The fourth-order valence-corrected chi connectivity index (χ4v) is 1.42. The topological polar surface area (TPSA) is 0 Å². The van der Waals surface area contributed by atoms with Gasteiger partial charge in [0.05, 0.1) is 0 Å². The molecule has 96 valence electrons. The Kier molecular flexibility index (Phi) is 14.0. The molecule has 0 aromatic rings. The molecule has 0 radical (unpaired) electrons. The number of hydrogen-bond donors (Lipinski definition) is 0. The Morgan fingerprint density at radius 2 is 1.06 bits per heavy atom. The molecule has 0 unspecified atom stereocenters. The summed E-state index contributed by atoms with van der Waals surface area (Å²) in [6.07, 6.45) is 26.1. The maximum atomic E-state index is 2.29. The van der Waals surface area contributed by atoms with Gasteiger partial charge in [0, 0.05) is 0 Å². The van der Waals surface area contributed by atoms with Crippen molar-refractivity contribution >= 4 is 0 Å². The molecule has 0 aromatic heterocycles. The zero-order valence-corrected chi connectivity index (χ0v) is 11.6. The summed E-state index contributed by atoms with van der Waals surface area (Å²) in [6, 6.07) is 0. The lowest BCUT2D eigenvalue weighted by Gasteiger charge is -1.87. The standard InChI is InChI=1S/C17H28/c1-3-5-7-9-11-13-15-17-16-14-12-10-8-6-4-2/h5,7,10-13,16-17H,3-4,6,8-9,14-15H2,1-2H3. The van der Waals surface area contributed by atoms with Crippen LogP contribution in [0.1, 0.15) is 58.8 Å². The minimum atomic E-state index is 1.06. The first-order chi connectivity index (χ1) is 8.41. The Hall–Kier alpha value is -1.04. The smallest absolute Gasteiger partial charge is 0.0169 e. The molecule has 0 aliphatic carbocycles. The summed E-state index contributed by atoms with van der Waals surface area (Å²) in [5.41, 5.74) is 0. The summed E-state index contributed by atoms with van der Waals surface area (Å²) in [5.74, 6) is 0. The summed E-state index contributed by atoms with van der Waals surface area (Å²) >= 11 is 0. The number of allylic oxidation sites excluding steroid dienone is 8. The van der Waals surface area contributed by atoms with E-state index < -0.39 is 0 Å². The minimum absolute atomic E-state index is 1.06. The van der Waals surface area contributed by atoms with Gasteiger partial charge in [-0.25, -0.2) is 0 Å².